The predicted molar refractivity (Wildman–Crippen MR) is 73.3 cm³/mol. The maximum Gasteiger partial charge on any atom is 0.119 e. The Morgan fingerprint density at radius 1 is 1.26 bits per heavy atom. The lowest BCUT2D eigenvalue weighted by atomic mass is 10.1. The van der Waals surface area contributed by atoms with Crippen molar-refractivity contribution < 1.29 is 19.7 Å². The first kappa shape index (κ1) is 15.9. The summed E-state index contributed by atoms with van der Waals surface area (Å²) in [5.41, 5.74) is 0.810. The highest BCUT2D eigenvalue weighted by Crippen LogP contribution is 2.18. The van der Waals surface area contributed by atoms with Gasteiger partial charge in [-0.3, -0.25) is 0 Å². The van der Waals surface area contributed by atoms with Crippen LogP contribution < -0.4 is 10.1 Å². The maximum absolute atomic E-state index is 10.0. The van der Waals surface area contributed by atoms with Gasteiger partial charge < -0.3 is 25.0 Å². The van der Waals surface area contributed by atoms with Crippen LogP contribution >= 0.6 is 0 Å². The Hall–Kier alpha value is -1.14. The van der Waals surface area contributed by atoms with E-state index in [0.717, 1.165) is 11.3 Å². The number of ether oxygens (including phenoxy) is 2. The second kappa shape index (κ2) is 8.87. The van der Waals surface area contributed by atoms with Crippen LogP contribution in [0, 0.1) is 0 Å². The molecule has 0 saturated carbocycles. The minimum absolute atomic E-state index is 0.333. The molecule has 5 nitrogen and oxygen atoms in total. The largest absolute Gasteiger partial charge is 0.497 e. The molecule has 2 atom stereocenters. The lowest BCUT2D eigenvalue weighted by molar-refractivity contribution is 0.0586. The molecule has 0 spiro atoms. The van der Waals surface area contributed by atoms with E-state index < -0.39 is 12.2 Å². The van der Waals surface area contributed by atoms with Gasteiger partial charge in [0.15, 0.2) is 0 Å². The van der Waals surface area contributed by atoms with Crippen molar-refractivity contribution in [1.82, 2.24) is 5.32 Å². The van der Waals surface area contributed by atoms with E-state index in [-0.39, 0.29) is 0 Å². The Morgan fingerprint density at radius 2 is 2.05 bits per heavy atom. The molecule has 19 heavy (non-hydrogen) atoms. The molecule has 0 fully saturated rings. The van der Waals surface area contributed by atoms with Crippen molar-refractivity contribution in [1.29, 1.82) is 0 Å². The van der Waals surface area contributed by atoms with Gasteiger partial charge in [-0.15, -0.1) is 0 Å². The molecule has 1 aromatic carbocycles. The van der Waals surface area contributed by atoms with Crippen molar-refractivity contribution in [2.75, 3.05) is 33.9 Å². The van der Waals surface area contributed by atoms with Gasteiger partial charge in [0.2, 0.25) is 0 Å². The minimum atomic E-state index is -0.588. The van der Waals surface area contributed by atoms with Gasteiger partial charge in [0, 0.05) is 13.7 Å². The third-order valence-corrected chi connectivity index (χ3v) is 2.83. The smallest absolute Gasteiger partial charge is 0.119 e. The molecule has 1 aromatic rings. The van der Waals surface area contributed by atoms with E-state index in [1.807, 2.05) is 24.3 Å². The minimum Gasteiger partial charge on any atom is -0.497 e. The Kier molecular flexibility index (Phi) is 7.43. The van der Waals surface area contributed by atoms with E-state index in [4.69, 9.17) is 9.47 Å². The van der Waals surface area contributed by atoms with Crippen LogP contribution in [0.5, 0.6) is 5.75 Å². The molecule has 0 aromatic heterocycles. The molecule has 108 valence electrons. The number of benzene rings is 1. The SMILES string of the molecule is COCC(O)CCNCC(O)c1cccc(OC)c1. The van der Waals surface area contributed by atoms with Crippen LogP contribution in [0.25, 0.3) is 0 Å². The Balaban J connectivity index is 2.28. The number of hydrogen-bond donors (Lipinski definition) is 3. The first-order chi connectivity index (χ1) is 9.17. The third-order valence-electron chi connectivity index (χ3n) is 2.83. The average Bonchev–Trinajstić information content (AvgIpc) is 2.43. The Bertz CT molecular complexity index is 359. The Labute approximate surface area is 114 Å². The summed E-state index contributed by atoms with van der Waals surface area (Å²) in [6, 6.07) is 7.35. The van der Waals surface area contributed by atoms with E-state index in [2.05, 4.69) is 5.32 Å². The van der Waals surface area contributed by atoms with Gasteiger partial charge in [-0.25, -0.2) is 0 Å². The fourth-order valence-corrected chi connectivity index (χ4v) is 1.75. The van der Waals surface area contributed by atoms with Gasteiger partial charge in [-0.1, -0.05) is 12.1 Å². The van der Waals surface area contributed by atoms with E-state index >= 15 is 0 Å². The van der Waals surface area contributed by atoms with Gasteiger partial charge in [0.1, 0.15) is 5.75 Å². The molecule has 0 aliphatic heterocycles. The number of rotatable bonds is 9. The van der Waals surface area contributed by atoms with Crippen LogP contribution in [-0.4, -0.2) is 50.2 Å². The average molecular weight is 269 g/mol. The molecule has 0 amide bonds. The number of aliphatic hydroxyl groups is 2. The van der Waals surface area contributed by atoms with Crippen molar-refractivity contribution in [3.63, 3.8) is 0 Å². The summed E-state index contributed by atoms with van der Waals surface area (Å²) in [6.07, 6.45) is -0.459. The van der Waals surface area contributed by atoms with Crippen molar-refractivity contribution in [3.05, 3.63) is 29.8 Å². The lowest BCUT2D eigenvalue weighted by Gasteiger charge is -2.14. The van der Waals surface area contributed by atoms with Crippen molar-refractivity contribution in [2.24, 2.45) is 0 Å². The number of methoxy groups -OCH3 is 2. The van der Waals surface area contributed by atoms with Gasteiger partial charge >= 0.3 is 0 Å². The highest BCUT2D eigenvalue weighted by atomic mass is 16.5. The standard InChI is InChI=1S/C14H23NO4/c1-18-10-12(16)6-7-15-9-14(17)11-4-3-5-13(8-11)19-2/h3-5,8,12,14-17H,6-7,9-10H2,1-2H3. The highest BCUT2D eigenvalue weighted by Gasteiger charge is 2.08. The van der Waals surface area contributed by atoms with Gasteiger partial charge in [0.05, 0.1) is 25.9 Å². The fourth-order valence-electron chi connectivity index (χ4n) is 1.75. The molecule has 0 heterocycles. The first-order valence-corrected chi connectivity index (χ1v) is 6.37. The maximum atomic E-state index is 10.0. The normalized spacial score (nSPS) is 14.1. The van der Waals surface area contributed by atoms with E-state index in [9.17, 15) is 10.2 Å². The van der Waals surface area contributed by atoms with Crippen LogP contribution in [-0.2, 0) is 4.74 Å². The zero-order chi connectivity index (χ0) is 14.1. The quantitative estimate of drug-likeness (QED) is 0.576. The first-order valence-electron chi connectivity index (χ1n) is 6.37. The van der Waals surface area contributed by atoms with Crippen molar-refractivity contribution >= 4 is 0 Å². The topological polar surface area (TPSA) is 71.0 Å². The Morgan fingerprint density at radius 3 is 2.74 bits per heavy atom. The van der Waals surface area contributed by atoms with Crippen LogP contribution in [0.1, 0.15) is 18.1 Å². The van der Waals surface area contributed by atoms with Crippen molar-refractivity contribution in [3.8, 4) is 5.75 Å². The molecule has 0 aliphatic carbocycles. The summed E-state index contributed by atoms with van der Waals surface area (Å²) < 4.78 is 9.95. The monoisotopic (exact) mass is 269 g/mol. The number of hydrogen-bond acceptors (Lipinski definition) is 5. The molecule has 0 aliphatic rings. The second-order valence-electron chi connectivity index (χ2n) is 4.39. The van der Waals surface area contributed by atoms with Gasteiger partial charge in [-0.2, -0.15) is 0 Å². The molecule has 5 heteroatoms. The molecule has 1 rings (SSSR count). The van der Waals surface area contributed by atoms with Crippen LogP contribution in [0.15, 0.2) is 24.3 Å². The second-order valence-corrected chi connectivity index (χ2v) is 4.39. The van der Waals surface area contributed by atoms with E-state index in [1.54, 1.807) is 14.2 Å². The predicted octanol–water partition coefficient (Wildman–Crippen LogP) is 0.716. The van der Waals surface area contributed by atoms with E-state index in [0.29, 0.717) is 26.1 Å². The zero-order valence-corrected chi connectivity index (χ0v) is 11.5. The molecule has 2 unspecified atom stereocenters. The van der Waals surface area contributed by atoms with Gasteiger partial charge in [0.25, 0.3) is 0 Å². The molecular weight excluding hydrogens is 246 g/mol. The molecule has 0 bridgehead atoms. The van der Waals surface area contributed by atoms with Gasteiger partial charge in [-0.05, 0) is 30.7 Å². The highest BCUT2D eigenvalue weighted by molar-refractivity contribution is 5.29. The molecular formula is C14H23NO4. The molecule has 0 radical (unpaired) electrons. The van der Waals surface area contributed by atoms with Crippen LogP contribution in [0.2, 0.25) is 0 Å². The van der Waals surface area contributed by atoms with Crippen molar-refractivity contribution in [2.45, 2.75) is 18.6 Å². The summed E-state index contributed by atoms with van der Waals surface area (Å²) in [7, 11) is 3.16. The molecule has 3 N–H and O–H groups in total. The number of nitrogens with one attached hydrogen (secondary N) is 1. The lowest BCUT2D eigenvalue weighted by Crippen LogP contribution is -2.26. The van der Waals surface area contributed by atoms with Crippen LogP contribution in [0.3, 0.4) is 0 Å². The fraction of sp³-hybridized carbons (Fsp3) is 0.571. The summed E-state index contributed by atoms with van der Waals surface area (Å²) in [5, 5.41) is 22.6. The summed E-state index contributed by atoms with van der Waals surface area (Å²) >= 11 is 0. The van der Waals surface area contributed by atoms with Crippen LogP contribution in [0.4, 0.5) is 0 Å². The van der Waals surface area contributed by atoms with E-state index in [1.165, 1.54) is 0 Å². The summed E-state index contributed by atoms with van der Waals surface area (Å²) in [6.45, 7) is 1.40. The zero-order valence-electron chi connectivity index (χ0n) is 11.5. The summed E-state index contributed by atoms with van der Waals surface area (Å²) in [4.78, 5) is 0. The molecule has 0 saturated heterocycles. The number of aliphatic hydroxyl groups excluding tert-OH is 2. The third kappa shape index (κ3) is 6.02. The summed E-state index contributed by atoms with van der Waals surface area (Å²) in [5.74, 6) is 0.729.